The van der Waals surface area contributed by atoms with E-state index in [0.29, 0.717) is 24.3 Å². The summed E-state index contributed by atoms with van der Waals surface area (Å²) in [6.07, 6.45) is 0. The minimum atomic E-state index is -0.530. The highest BCUT2D eigenvalue weighted by atomic mass is 19.1. The third-order valence-corrected chi connectivity index (χ3v) is 3.01. The molecule has 1 heterocycles. The van der Waals surface area contributed by atoms with Gasteiger partial charge in [0.05, 0.1) is 19.3 Å². The lowest BCUT2D eigenvalue weighted by Gasteiger charge is -2.26. The van der Waals surface area contributed by atoms with E-state index in [0.717, 1.165) is 12.1 Å². The topological polar surface area (TPSA) is 41.5 Å². The van der Waals surface area contributed by atoms with Gasteiger partial charge in [-0.1, -0.05) is 6.07 Å². The van der Waals surface area contributed by atoms with Crippen molar-refractivity contribution in [3.8, 4) is 5.75 Å². The molecule has 1 aromatic rings. The summed E-state index contributed by atoms with van der Waals surface area (Å²) in [5.74, 6) is -0.777. The van der Waals surface area contributed by atoms with Crippen molar-refractivity contribution in [2.75, 3.05) is 19.8 Å². The SMILES string of the molecule is Cc1cc(C2COCCN2)c(C)c(O)c1F. The molecule has 0 saturated carbocycles. The third kappa shape index (κ3) is 1.90. The molecule has 1 unspecified atom stereocenters. The van der Waals surface area contributed by atoms with Crippen LogP contribution in [0.25, 0.3) is 0 Å². The van der Waals surface area contributed by atoms with Crippen LogP contribution < -0.4 is 5.32 Å². The first-order valence-corrected chi connectivity index (χ1v) is 5.41. The van der Waals surface area contributed by atoms with Crippen molar-refractivity contribution >= 4 is 0 Å². The summed E-state index contributed by atoms with van der Waals surface area (Å²) in [5.41, 5.74) is 1.97. The normalized spacial score (nSPS) is 21.1. The van der Waals surface area contributed by atoms with Gasteiger partial charge < -0.3 is 15.2 Å². The average molecular weight is 225 g/mol. The highest BCUT2D eigenvalue weighted by molar-refractivity contribution is 5.44. The van der Waals surface area contributed by atoms with Crippen LogP contribution >= 0.6 is 0 Å². The van der Waals surface area contributed by atoms with E-state index in [4.69, 9.17) is 4.74 Å². The van der Waals surface area contributed by atoms with E-state index in [1.54, 1.807) is 19.9 Å². The number of phenols is 1. The number of ether oxygens (including phenoxy) is 1. The first-order chi connectivity index (χ1) is 7.61. The molecule has 2 N–H and O–H groups in total. The van der Waals surface area contributed by atoms with E-state index in [1.165, 1.54) is 0 Å². The number of aromatic hydroxyl groups is 1. The summed E-state index contributed by atoms with van der Waals surface area (Å²) in [6.45, 7) is 5.42. The van der Waals surface area contributed by atoms with Gasteiger partial charge >= 0.3 is 0 Å². The smallest absolute Gasteiger partial charge is 0.167 e. The van der Waals surface area contributed by atoms with Gasteiger partial charge in [0.1, 0.15) is 0 Å². The summed E-state index contributed by atoms with van der Waals surface area (Å²) in [4.78, 5) is 0. The monoisotopic (exact) mass is 225 g/mol. The third-order valence-electron chi connectivity index (χ3n) is 3.01. The maximum atomic E-state index is 13.4. The zero-order chi connectivity index (χ0) is 11.7. The van der Waals surface area contributed by atoms with Crippen molar-refractivity contribution in [3.05, 3.63) is 28.6 Å². The average Bonchev–Trinajstić information content (AvgIpc) is 2.32. The van der Waals surface area contributed by atoms with Crippen LogP contribution in [-0.4, -0.2) is 24.9 Å². The number of rotatable bonds is 1. The second-order valence-electron chi connectivity index (χ2n) is 4.15. The van der Waals surface area contributed by atoms with Crippen molar-refractivity contribution in [3.63, 3.8) is 0 Å². The van der Waals surface area contributed by atoms with Crippen molar-refractivity contribution in [2.45, 2.75) is 19.9 Å². The Balaban J connectivity index is 2.40. The molecule has 1 aliphatic heterocycles. The van der Waals surface area contributed by atoms with Crippen LogP contribution in [0.4, 0.5) is 4.39 Å². The molecule has 4 heteroatoms. The van der Waals surface area contributed by atoms with E-state index in [-0.39, 0.29) is 11.8 Å². The molecule has 0 spiro atoms. The number of hydrogen-bond donors (Lipinski definition) is 2. The fraction of sp³-hybridized carbons (Fsp3) is 0.500. The second-order valence-corrected chi connectivity index (χ2v) is 4.15. The van der Waals surface area contributed by atoms with Gasteiger partial charge in [-0.25, -0.2) is 4.39 Å². The van der Waals surface area contributed by atoms with Crippen LogP contribution in [0.15, 0.2) is 6.07 Å². The molecule has 1 saturated heterocycles. The van der Waals surface area contributed by atoms with Crippen LogP contribution in [0.5, 0.6) is 5.75 Å². The van der Waals surface area contributed by atoms with Gasteiger partial charge in [-0.05, 0) is 30.5 Å². The largest absolute Gasteiger partial charge is 0.505 e. The van der Waals surface area contributed by atoms with Crippen molar-refractivity contribution < 1.29 is 14.2 Å². The maximum Gasteiger partial charge on any atom is 0.167 e. The highest BCUT2D eigenvalue weighted by Crippen LogP contribution is 2.31. The Kier molecular flexibility index (Phi) is 3.12. The lowest BCUT2D eigenvalue weighted by atomic mass is 9.97. The van der Waals surface area contributed by atoms with E-state index >= 15 is 0 Å². The van der Waals surface area contributed by atoms with Crippen molar-refractivity contribution in [1.29, 1.82) is 0 Å². The Hall–Kier alpha value is -1.13. The molecule has 1 atom stereocenters. The van der Waals surface area contributed by atoms with Crippen LogP contribution in [0.3, 0.4) is 0 Å². The van der Waals surface area contributed by atoms with Gasteiger partial charge in [0.25, 0.3) is 0 Å². The van der Waals surface area contributed by atoms with Crippen LogP contribution in [-0.2, 0) is 4.74 Å². The van der Waals surface area contributed by atoms with Crippen LogP contribution in [0.1, 0.15) is 22.7 Å². The molecule has 0 aromatic heterocycles. The summed E-state index contributed by atoms with van der Waals surface area (Å²) in [6, 6.07) is 1.82. The van der Waals surface area contributed by atoms with Crippen LogP contribution in [0, 0.1) is 19.7 Å². The molecule has 0 bridgehead atoms. The molecule has 2 rings (SSSR count). The summed E-state index contributed by atoms with van der Waals surface area (Å²) in [7, 11) is 0. The molecule has 1 fully saturated rings. The van der Waals surface area contributed by atoms with E-state index in [9.17, 15) is 9.50 Å². The Morgan fingerprint density at radius 3 is 2.88 bits per heavy atom. The van der Waals surface area contributed by atoms with E-state index in [2.05, 4.69) is 5.32 Å². The van der Waals surface area contributed by atoms with E-state index < -0.39 is 5.82 Å². The number of aryl methyl sites for hydroxylation is 1. The molecule has 1 aliphatic rings. The summed E-state index contributed by atoms with van der Waals surface area (Å²) < 4.78 is 18.8. The maximum absolute atomic E-state index is 13.4. The molecule has 3 nitrogen and oxygen atoms in total. The minimum Gasteiger partial charge on any atom is -0.505 e. The molecule has 0 amide bonds. The molecular weight excluding hydrogens is 209 g/mol. The standard InChI is InChI=1S/C12H16FNO2/c1-7-5-9(8(2)12(15)11(7)13)10-6-16-4-3-14-10/h5,10,14-15H,3-4,6H2,1-2H3. The number of halogens is 1. The first kappa shape index (κ1) is 11.4. The lowest BCUT2D eigenvalue weighted by Crippen LogP contribution is -2.35. The zero-order valence-corrected chi connectivity index (χ0v) is 9.51. The van der Waals surface area contributed by atoms with Gasteiger partial charge in [0, 0.05) is 6.54 Å². The molecule has 88 valence electrons. The number of nitrogens with one attached hydrogen (secondary N) is 1. The molecular formula is C12H16FNO2. The Labute approximate surface area is 94.2 Å². The highest BCUT2D eigenvalue weighted by Gasteiger charge is 2.21. The Bertz CT molecular complexity index is 400. The first-order valence-electron chi connectivity index (χ1n) is 5.41. The fourth-order valence-corrected chi connectivity index (χ4v) is 2.02. The summed E-state index contributed by atoms with van der Waals surface area (Å²) in [5, 5.41) is 12.9. The van der Waals surface area contributed by atoms with Gasteiger partial charge in [-0.2, -0.15) is 0 Å². The van der Waals surface area contributed by atoms with E-state index in [1.807, 2.05) is 0 Å². The van der Waals surface area contributed by atoms with Crippen molar-refractivity contribution in [2.24, 2.45) is 0 Å². The van der Waals surface area contributed by atoms with Gasteiger partial charge in [0.2, 0.25) is 0 Å². The quantitative estimate of drug-likeness (QED) is 0.766. The second kappa shape index (κ2) is 4.39. The molecule has 1 aromatic carbocycles. The minimum absolute atomic E-state index is 0.0407. The molecule has 16 heavy (non-hydrogen) atoms. The zero-order valence-electron chi connectivity index (χ0n) is 9.51. The van der Waals surface area contributed by atoms with Crippen molar-refractivity contribution in [1.82, 2.24) is 5.32 Å². The lowest BCUT2D eigenvalue weighted by molar-refractivity contribution is 0.0765. The fourth-order valence-electron chi connectivity index (χ4n) is 2.02. The Morgan fingerprint density at radius 1 is 1.50 bits per heavy atom. The predicted molar refractivity (Wildman–Crippen MR) is 59.1 cm³/mol. The number of morpholine rings is 1. The van der Waals surface area contributed by atoms with Crippen LogP contribution in [0.2, 0.25) is 0 Å². The Morgan fingerprint density at radius 2 is 2.25 bits per heavy atom. The van der Waals surface area contributed by atoms with Gasteiger partial charge in [-0.3, -0.25) is 0 Å². The molecule has 0 aliphatic carbocycles. The van der Waals surface area contributed by atoms with Gasteiger partial charge in [-0.15, -0.1) is 0 Å². The summed E-state index contributed by atoms with van der Waals surface area (Å²) >= 11 is 0. The van der Waals surface area contributed by atoms with Gasteiger partial charge in [0.15, 0.2) is 11.6 Å². The number of benzene rings is 1. The predicted octanol–water partition coefficient (Wildman–Crippen LogP) is 1.81. The number of hydrogen-bond acceptors (Lipinski definition) is 3. The molecule has 0 radical (unpaired) electrons. The number of phenolic OH excluding ortho intramolecular Hbond substituents is 1.